The summed E-state index contributed by atoms with van der Waals surface area (Å²) in [7, 11) is 0. The molecule has 6 heteroatoms. The molecule has 0 saturated heterocycles. The van der Waals surface area contributed by atoms with Crippen LogP contribution >= 0.6 is 11.6 Å². The number of benzene rings is 1. The molecule has 0 aliphatic rings. The van der Waals surface area contributed by atoms with E-state index in [4.69, 9.17) is 21.1 Å². The minimum atomic E-state index is -0.521. The Balaban J connectivity index is 1.87. The summed E-state index contributed by atoms with van der Waals surface area (Å²) in [6.07, 6.45) is 8.83. The van der Waals surface area contributed by atoms with Crippen LogP contribution in [0, 0.1) is 0 Å². The van der Waals surface area contributed by atoms with Crippen molar-refractivity contribution in [1.29, 1.82) is 0 Å². The van der Waals surface area contributed by atoms with Crippen molar-refractivity contribution in [1.82, 2.24) is 9.97 Å². The lowest BCUT2D eigenvalue weighted by atomic mass is 10.1. The van der Waals surface area contributed by atoms with E-state index in [2.05, 4.69) is 16.9 Å². The van der Waals surface area contributed by atoms with Gasteiger partial charge in [-0.05, 0) is 37.6 Å². The van der Waals surface area contributed by atoms with E-state index in [9.17, 15) is 4.79 Å². The summed E-state index contributed by atoms with van der Waals surface area (Å²) >= 11 is 6.09. The zero-order valence-corrected chi connectivity index (χ0v) is 16.8. The van der Waals surface area contributed by atoms with Crippen molar-refractivity contribution in [2.45, 2.75) is 52.4 Å². The van der Waals surface area contributed by atoms with Crippen molar-refractivity contribution in [3.8, 4) is 17.1 Å². The fourth-order valence-electron chi connectivity index (χ4n) is 2.62. The van der Waals surface area contributed by atoms with Crippen LogP contribution in [0.3, 0.4) is 0 Å². The van der Waals surface area contributed by atoms with Gasteiger partial charge in [0.1, 0.15) is 16.5 Å². The number of rotatable bonds is 11. The summed E-state index contributed by atoms with van der Waals surface area (Å²) in [4.78, 5) is 20.2. The molecule has 2 aromatic rings. The zero-order chi connectivity index (χ0) is 19.5. The molecule has 0 saturated carbocycles. The quantitative estimate of drug-likeness (QED) is 0.279. The number of esters is 1. The van der Waals surface area contributed by atoms with Crippen LogP contribution in [0.2, 0.25) is 5.15 Å². The predicted octanol–water partition coefficient (Wildman–Crippen LogP) is 5.71. The van der Waals surface area contributed by atoms with E-state index in [-0.39, 0.29) is 17.3 Å². The molecule has 0 fully saturated rings. The third kappa shape index (κ3) is 6.83. The Hall–Kier alpha value is -2.14. The maximum atomic E-state index is 11.8. The summed E-state index contributed by atoms with van der Waals surface area (Å²) in [6.45, 7) is 4.96. The molecular weight excluding hydrogens is 364 g/mol. The molecule has 0 atom stereocenters. The Labute approximate surface area is 166 Å². The molecule has 27 heavy (non-hydrogen) atoms. The monoisotopic (exact) mass is 390 g/mol. The summed E-state index contributed by atoms with van der Waals surface area (Å²) in [6, 6.07) is 7.55. The second kappa shape index (κ2) is 11.5. The largest absolute Gasteiger partial charge is 0.494 e. The molecule has 0 unspecified atom stereocenters. The number of carbonyl (C=O) groups excluding carboxylic acids is 1. The highest BCUT2D eigenvalue weighted by Gasteiger charge is 2.15. The number of carbonyl (C=O) groups is 1. The normalized spacial score (nSPS) is 10.6. The molecular formula is C21H27ClN2O3. The van der Waals surface area contributed by atoms with E-state index in [1.165, 1.54) is 38.3 Å². The van der Waals surface area contributed by atoms with Gasteiger partial charge in [-0.2, -0.15) is 0 Å². The Morgan fingerprint density at radius 2 is 1.74 bits per heavy atom. The summed E-state index contributed by atoms with van der Waals surface area (Å²) in [5.74, 6) is 0.754. The first-order chi connectivity index (χ1) is 13.2. The first kappa shape index (κ1) is 21.2. The molecule has 0 bridgehead atoms. The fourth-order valence-corrected chi connectivity index (χ4v) is 2.82. The molecule has 0 amide bonds. The number of ether oxygens (including phenoxy) is 2. The van der Waals surface area contributed by atoms with Gasteiger partial charge in [0.05, 0.1) is 13.2 Å². The number of hydrogen-bond acceptors (Lipinski definition) is 5. The minimum Gasteiger partial charge on any atom is -0.494 e. The van der Waals surface area contributed by atoms with E-state index in [1.54, 1.807) is 6.92 Å². The number of nitrogens with zero attached hydrogens (tertiary/aromatic N) is 2. The SMILES string of the molecule is CCCCCCCCOc1ccc(-c2ncc(C(=O)OCC)c(Cl)n2)cc1. The molecule has 0 aliphatic heterocycles. The van der Waals surface area contributed by atoms with Crippen molar-refractivity contribution in [3.63, 3.8) is 0 Å². The van der Waals surface area contributed by atoms with Crippen LogP contribution in [0.4, 0.5) is 0 Å². The Kier molecular flexibility index (Phi) is 9.05. The highest BCUT2D eigenvalue weighted by atomic mass is 35.5. The number of hydrogen-bond donors (Lipinski definition) is 0. The van der Waals surface area contributed by atoms with E-state index >= 15 is 0 Å². The third-order valence-corrected chi connectivity index (χ3v) is 4.40. The fraction of sp³-hybridized carbons (Fsp3) is 0.476. The number of unbranched alkanes of at least 4 members (excludes halogenated alkanes) is 5. The zero-order valence-electron chi connectivity index (χ0n) is 16.0. The van der Waals surface area contributed by atoms with Gasteiger partial charge >= 0.3 is 5.97 Å². The van der Waals surface area contributed by atoms with E-state index in [0.717, 1.165) is 24.3 Å². The Bertz CT molecular complexity index is 720. The lowest BCUT2D eigenvalue weighted by molar-refractivity contribution is 0.0525. The second-order valence-corrected chi connectivity index (χ2v) is 6.62. The van der Waals surface area contributed by atoms with Crippen molar-refractivity contribution in [2.75, 3.05) is 13.2 Å². The Morgan fingerprint density at radius 3 is 2.41 bits per heavy atom. The molecule has 0 N–H and O–H groups in total. The summed E-state index contributed by atoms with van der Waals surface area (Å²) in [5.41, 5.74) is 0.973. The molecule has 2 rings (SSSR count). The highest BCUT2D eigenvalue weighted by Crippen LogP contribution is 2.22. The van der Waals surface area contributed by atoms with Gasteiger partial charge in [-0.3, -0.25) is 0 Å². The van der Waals surface area contributed by atoms with E-state index < -0.39 is 5.97 Å². The van der Waals surface area contributed by atoms with Crippen LogP contribution in [0.5, 0.6) is 5.75 Å². The van der Waals surface area contributed by atoms with Gasteiger partial charge in [0.15, 0.2) is 5.82 Å². The average Bonchev–Trinajstić information content (AvgIpc) is 2.68. The maximum absolute atomic E-state index is 11.8. The molecule has 146 valence electrons. The van der Waals surface area contributed by atoms with Gasteiger partial charge in [-0.15, -0.1) is 0 Å². The molecule has 0 aliphatic carbocycles. The van der Waals surface area contributed by atoms with Gasteiger partial charge in [0, 0.05) is 11.8 Å². The number of aromatic nitrogens is 2. The lowest BCUT2D eigenvalue weighted by Gasteiger charge is -2.08. The first-order valence-corrected chi connectivity index (χ1v) is 9.96. The van der Waals surface area contributed by atoms with Crippen molar-refractivity contribution in [3.05, 3.63) is 41.2 Å². The molecule has 5 nitrogen and oxygen atoms in total. The summed E-state index contributed by atoms with van der Waals surface area (Å²) in [5, 5.41) is 0.0850. The molecule has 0 spiro atoms. The summed E-state index contributed by atoms with van der Waals surface area (Å²) < 4.78 is 10.7. The second-order valence-electron chi connectivity index (χ2n) is 6.26. The highest BCUT2D eigenvalue weighted by molar-refractivity contribution is 6.32. The van der Waals surface area contributed by atoms with Gasteiger partial charge in [-0.1, -0.05) is 50.6 Å². The standard InChI is InChI=1S/C21H27ClN2O3/c1-3-5-6-7-8-9-14-27-17-12-10-16(11-13-17)20-23-15-18(19(22)24-20)21(25)26-4-2/h10-13,15H,3-9,14H2,1-2H3. The molecule has 1 heterocycles. The van der Waals surface area contributed by atoms with E-state index in [0.29, 0.717) is 5.82 Å². The van der Waals surface area contributed by atoms with Gasteiger partial charge in [0.2, 0.25) is 0 Å². The van der Waals surface area contributed by atoms with Crippen LogP contribution in [0.25, 0.3) is 11.4 Å². The van der Waals surface area contributed by atoms with Crippen molar-refractivity contribution < 1.29 is 14.3 Å². The van der Waals surface area contributed by atoms with Gasteiger partial charge < -0.3 is 9.47 Å². The third-order valence-electron chi connectivity index (χ3n) is 4.12. The average molecular weight is 391 g/mol. The molecule has 1 aromatic heterocycles. The van der Waals surface area contributed by atoms with E-state index in [1.807, 2.05) is 24.3 Å². The van der Waals surface area contributed by atoms with Crippen LogP contribution < -0.4 is 4.74 Å². The van der Waals surface area contributed by atoms with Crippen molar-refractivity contribution >= 4 is 17.6 Å². The predicted molar refractivity (Wildman–Crippen MR) is 107 cm³/mol. The van der Waals surface area contributed by atoms with Crippen LogP contribution in [-0.4, -0.2) is 29.2 Å². The van der Waals surface area contributed by atoms with Crippen LogP contribution in [0.1, 0.15) is 62.7 Å². The van der Waals surface area contributed by atoms with Crippen molar-refractivity contribution in [2.24, 2.45) is 0 Å². The Morgan fingerprint density at radius 1 is 1.04 bits per heavy atom. The van der Waals surface area contributed by atoms with Gasteiger partial charge in [-0.25, -0.2) is 14.8 Å². The molecule has 1 aromatic carbocycles. The number of halogens is 1. The van der Waals surface area contributed by atoms with Crippen LogP contribution in [0.15, 0.2) is 30.5 Å². The minimum absolute atomic E-state index is 0.0850. The van der Waals surface area contributed by atoms with Gasteiger partial charge in [0.25, 0.3) is 0 Å². The van der Waals surface area contributed by atoms with Crippen LogP contribution in [-0.2, 0) is 4.74 Å². The topological polar surface area (TPSA) is 61.3 Å². The maximum Gasteiger partial charge on any atom is 0.342 e. The molecule has 0 radical (unpaired) electrons. The first-order valence-electron chi connectivity index (χ1n) is 9.58. The lowest BCUT2D eigenvalue weighted by Crippen LogP contribution is -2.07. The smallest absolute Gasteiger partial charge is 0.342 e.